The van der Waals surface area contributed by atoms with Gasteiger partial charge in [-0.3, -0.25) is 9.80 Å². The molecule has 146 valence electrons. The second-order valence-electron chi connectivity index (χ2n) is 7.22. The average Bonchev–Trinajstić information content (AvgIpc) is 3.27. The van der Waals surface area contributed by atoms with Gasteiger partial charge < -0.3 is 9.15 Å². The molecule has 0 bridgehead atoms. The molecular formula is C19H25N3O4S. The van der Waals surface area contributed by atoms with Crippen LogP contribution in [0.15, 0.2) is 41.0 Å². The minimum Gasteiger partial charge on any atom is -0.447 e. The summed E-state index contributed by atoms with van der Waals surface area (Å²) in [6.07, 6.45) is 1.48. The van der Waals surface area contributed by atoms with Crippen molar-refractivity contribution in [3.8, 4) is 11.3 Å². The summed E-state index contributed by atoms with van der Waals surface area (Å²) >= 11 is 0. The van der Waals surface area contributed by atoms with Gasteiger partial charge in [0.25, 0.3) is 0 Å². The monoisotopic (exact) mass is 391 g/mol. The number of rotatable bonds is 5. The highest BCUT2D eigenvalue weighted by Gasteiger charge is 2.41. The van der Waals surface area contributed by atoms with Crippen molar-refractivity contribution in [1.29, 1.82) is 0 Å². The third kappa shape index (κ3) is 4.24. The maximum Gasteiger partial charge on any atom is 0.208 e. The summed E-state index contributed by atoms with van der Waals surface area (Å²) in [6.45, 7) is 4.03. The van der Waals surface area contributed by atoms with Crippen molar-refractivity contribution in [3.05, 3.63) is 42.5 Å². The van der Waals surface area contributed by atoms with Gasteiger partial charge in [0.1, 0.15) is 12.0 Å². The number of ether oxygens (including phenoxy) is 1. The Morgan fingerprint density at radius 1 is 1.15 bits per heavy atom. The Kier molecular flexibility index (Phi) is 5.32. The summed E-state index contributed by atoms with van der Waals surface area (Å²) in [4.78, 5) is 9.14. The van der Waals surface area contributed by atoms with Crippen LogP contribution in [-0.4, -0.2) is 80.1 Å². The molecule has 1 aromatic heterocycles. The van der Waals surface area contributed by atoms with E-state index in [1.165, 1.54) is 0 Å². The minimum atomic E-state index is -3.00. The molecule has 0 saturated carbocycles. The lowest BCUT2D eigenvalue weighted by Gasteiger charge is -2.38. The first-order chi connectivity index (χ1) is 13.0. The average molecular weight is 391 g/mol. The number of oxazole rings is 1. The van der Waals surface area contributed by atoms with Crippen molar-refractivity contribution in [3.63, 3.8) is 0 Å². The zero-order chi connectivity index (χ0) is 18.9. The molecule has 1 aromatic carbocycles. The van der Waals surface area contributed by atoms with E-state index in [4.69, 9.17) is 9.15 Å². The molecule has 0 aliphatic carbocycles. The first-order valence-corrected chi connectivity index (χ1v) is 11.1. The lowest BCUT2D eigenvalue weighted by atomic mass is 10.1. The molecule has 0 unspecified atom stereocenters. The Labute approximate surface area is 159 Å². The van der Waals surface area contributed by atoms with Gasteiger partial charge in [0.2, 0.25) is 5.89 Å². The van der Waals surface area contributed by atoms with E-state index in [0.717, 1.165) is 37.4 Å². The van der Waals surface area contributed by atoms with Gasteiger partial charge in [0.15, 0.2) is 9.84 Å². The van der Waals surface area contributed by atoms with Crippen LogP contribution in [0, 0.1) is 0 Å². The Bertz CT molecular complexity index is 860. The highest BCUT2D eigenvalue weighted by molar-refractivity contribution is 7.91. The molecule has 2 aliphatic heterocycles. The standard InChI is InChI=1S/C19H25N3O4S/c1-25-18-14-27(23,24)13-17(18)22-9-7-21(8-10-22)11-19-20-16(12-26-19)15-5-3-2-4-6-15/h2-6,12,17-18H,7-11,13-14H2,1H3/t17-,18+/m0/s1. The zero-order valence-electron chi connectivity index (χ0n) is 15.5. The van der Waals surface area contributed by atoms with Crippen molar-refractivity contribution in [2.45, 2.75) is 18.7 Å². The molecule has 2 fully saturated rings. The van der Waals surface area contributed by atoms with Crippen LogP contribution < -0.4 is 0 Å². The summed E-state index contributed by atoms with van der Waals surface area (Å²) in [5.41, 5.74) is 1.90. The first kappa shape index (κ1) is 18.6. The minimum absolute atomic E-state index is 0.0337. The highest BCUT2D eigenvalue weighted by atomic mass is 32.2. The van der Waals surface area contributed by atoms with E-state index in [9.17, 15) is 8.42 Å². The van der Waals surface area contributed by atoms with Gasteiger partial charge in [0.05, 0.1) is 30.2 Å². The summed E-state index contributed by atoms with van der Waals surface area (Å²) in [5.74, 6) is 1.04. The van der Waals surface area contributed by atoms with Gasteiger partial charge in [-0.05, 0) is 0 Å². The van der Waals surface area contributed by atoms with Crippen LogP contribution in [0.5, 0.6) is 0 Å². The lowest BCUT2D eigenvalue weighted by Crippen LogP contribution is -2.53. The fourth-order valence-corrected chi connectivity index (χ4v) is 5.87. The lowest BCUT2D eigenvalue weighted by molar-refractivity contribution is 0.0173. The van der Waals surface area contributed by atoms with Crippen LogP contribution in [0.3, 0.4) is 0 Å². The summed E-state index contributed by atoms with van der Waals surface area (Å²) in [6, 6.07) is 9.95. The topological polar surface area (TPSA) is 75.9 Å². The van der Waals surface area contributed by atoms with Crippen LogP contribution in [-0.2, 0) is 21.1 Å². The normalized spacial score (nSPS) is 26.4. The zero-order valence-corrected chi connectivity index (χ0v) is 16.3. The first-order valence-electron chi connectivity index (χ1n) is 9.23. The molecule has 2 saturated heterocycles. The molecule has 2 atom stereocenters. The van der Waals surface area contributed by atoms with Gasteiger partial charge in [-0.1, -0.05) is 30.3 Å². The largest absolute Gasteiger partial charge is 0.447 e. The third-order valence-corrected chi connectivity index (χ3v) is 7.12. The van der Waals surface area contributed by atoms with Crippen molar-refractivity contribution >= 4 is 9.84 Å². The quantitative estimate of drug-likeness (QED) is 0.760. The summed E-state index contributed by atoms with van der Waals surface area (Å²) in [5, 5.41) is 0. The molecular weight excluding hydrogens is 366 g/mol. The number of sulfone groups is 1. The van der Waals surface area contributed by atoms with Crippen molar-refractivity contribution in [2.75, 3.05) is 44.8 Å². The summed E-state index contributed by atoms with van der Waals surface area (Å²) < 4.78 is 34.9. The number of methoxy groups -OCH3 is 1. The highest BCUT2D eigenvalue weighted by Crippen LogP contribution is 2.23. The van der Waals surface area contributed by atoms with Crippen LogP contribution in [0.1, 0.15) is 5.89 Å². The van der Waals surface area contributed by atoms with E-state index in [0.29, 0.717) is 12.4 Å². The number of aromatic nitrogens is 1. The van der Waals surface area contributed by atoms with Crippen LogP contribution in [0.25, 0.3) is 11.3 Å². The fourth-order valence-electron chi connectivity index (χ4n) is 3.93. The molecule has 3 heterocycles. The molecule has 0 amide bonds. The third-order valence-electron chi connectivity index (χ3n) is 5.43. The molecule has 2 aromatic rings. The fraction of sp³-hybridized carbons (Fsp3) is 0.526. The predicted octanol–water partition coefficient (Wildman–Crippen LogP) is 1.27. The number of benzene rings is 1. The maximum atomic E-state index is 11.9. The van der Waals surface area contributed by atoms with Crippen LogP contribution >= 0.6 is 0 Å². The van der Waals surface area contributed by atoms with E-state index >= 15 is 0 Å². The molecule has 4 rings (SSSR count). The van der Waals surface area contributed by atoms with E-state index in [-0.39, 0.29) is 23.7 Å². The molecule has 27 heavy (non-hydrogen) atoms. The van der Waals surface area contributed by atoms with Gasteiger partial charge in [-0.15, -0.1) is 0 Å². The predicted molar refractivity (Wildman–Crippen MR) is 102 cm³/mol. The maximum absolute atomic E-state index is 11.9. The molecule has 8 heteroatoms. The van der Waals surface area contributed by atoms with Crippen molar-refractivity contribution in [2.24, 2.45) is 0 Å². The molecule has 7 nitrogen and oxygen atoms in total. The van der Waals surface area contributed by atoms with Crippen LogP contribution in [0.4, 0.5) is 0 Å². The second kappa shape index (κ2) is 7.71. The molecule has 0 radical (unpaired) electrons. The van der Waals surface area contributed by atoms with E-state index < -0.39 is 9.84 Å². The smallest absolute Gasteiger partial charge is 0.208 e. The van der Waals surface area contributed by atoms with Gasteiger partial charge >= 0.3 is 0 Å². The van der Waals surface area contributed by atoms with Crippen molar-refractivity contribution in [1.82, 2.24) is 14.8 Å². The van der Waals surface area contributed by atoms with E-state index in [1.807, 2.05) is 30.3 Å². The SMILES string of the molecule is CO[C@@H]1CS(=O)(=O)C[C@@H]1N1CCN(Cc2nc(-c3ccccc3)co2)CC1. The van der Waals surface area contributed by atoms with E-state index in [2.05, 4.69) is 14.8 Å². The second-order valence-corrected chi connectivity index (χ2v) is 9.38. The van der Waals surface area contributed by atoms with Crippen molar-refractivity contribution < 1.29 is 17.6 Å². The Morgan fingerprint density at radius 2 is 1.89 bits per heavy atom. The summed E-state index contributed by atoms with van der Waals surface area (Å²) in [7, 11) is -1.40. The van der Waals surface area contributed by atoms with Gasteiger partial charge in [-0.25, -0.2) is 13.4 Å². The van der Waals surface area contributed by atoms with Gasteiger partial charge in [0, 0.05) is 38.9 Å². The number of piperazine rings is 1. The molecule has 2 aliphatic rings. The number of hydrogen-bond acceptors (Lipinski definition) is 7. The Balaban J connectivity index is 1.33. The van der Waals surface area contributed by atoms with Gasteiger partial charge in [-0.2, -0.15) is 0 Å². The number of nitrogens with zero attached hydrogens (tertiary/aromatic N) is 3. The van der Waals surface area contributed by atoms with E-state index in [1.54, 1.807) is 13.4 Å². The Hall–Kier alpha value is -1.74. The number of hydrogen-bond donors (Lipinski definition) is 0. The molecule has 0 N–H and O–H groups in total. The van der Waals surface area contributed by atoms with Crippen LogP contribution in [0.2, 0.25) is 0 Å². The molecule has 0 spiro atoms. The Morgan fingerprint density at radius 3 is 2.59 bits per heavy atom.